The van der Waals surface area contributed by atoms with Crippen LogP contribution >= 0.6 is 23.2 Å². The number of nitrogens with one attached hydrogen (secondary N) is 2. The van der Waals surface area contributed by atoms with E-state index < -0.39 is 12.0 Å². The Bertz CT molecular complexity index is 1370. The van der Waals surface area contributed by atoms with Crippen LogP contribution in [0.1, 0.15) is 26.2 Å². The Morgan fingerprint density at radius 3 is 2.48 bits per heavy atom. The molecule has 1 unspecified atom stereocenters. The molecule has 12 heteroatoms. The maximum absolute atomic E-state index is 12.7. The minimum Gasteiger partial charge on any atom is -0.467 e. The fourth-order valence-corrected chi connectivity index (χ4v) is 4.40. The Balaban J connectivity index is 2.23. The molecular weight excluding hydrogens is 577 g/mol. The third-order valence-corrected chi connectivity index (χ3v) is 6.31. The Hall–Kier alpha value is -4.28. The van der Waals surface area contributed by atoms with Crippen molar-refractivity contribution in [2.75, 3.05) is 25.5 Å². The summed E-state index contributed by atoms with van der Waals surface area (Å²) in [6, 6.07) is 6.18. The summed E-state index contributed by atoms with van der Waals surface area (Å²) in [5.74, 6) is -0.294. The Morgan fingerprint density at radius 2 is 1.88 bits per heavy atom. The van der Waals surface area contributed by atoms with Gasteiger partial charge in [0.1, 0.15) is 11.9 Å². The summed E-state index contributed by atoms with van der Waals surface area (Å²) >= 11 is 12.4. The molecule has 1 atom stereocenters. The number of amides is 1. The highest BCUT2D eigenvalue weighted by atomic mass is 35.5. The Morgan fingerprint density at radius 1 is 1.17 bits per heavy atom. The molecule has 10 nitrogen and oxygen atoms in total. The second-order valence-corrected chi connectivity index (χ2v) is 9.78. The monoisotopic (exact) mass is 613 g/mol. The number of guanidine groups is 1. The zero-order valence-corrected chi connectivity index (χ0v) is 25.3. The lowest BCUT2D eigenvalue weighted by molar-refractivity contribution is -0.145. The number of aliphatic imine (C=N–C) groups is 1. The molecule has 0 spiro atoms. The van der Waals surface area contributed by atoms with Crippen LogP contribution in [-0.2, 0) is 14.3 Å². The summed E-state index contributed by atoms with van der Waals surface area (Å²) in [7, 11) is 1.27. The predicted octanol–water partition coefficient (Wildman–Crippen LogP) is 5.09. The molecule has 0 radical (unpaired) electrons. The molecule has 0 aliphatic rings. The maximum Gasteiger partial charge on any atom is 0.328 e. The molecule has 42 heavy (non-hydrogen) atoms. The highest BCUT2D eigenvalue weighted by Crippen LogP contribution is 2.28. The van der Waals surface area contributed by atoms with Crippen molar-refractivity contribution in [1.82, 2.24) is 15.1 Å². The molecule has 0 aliphatic heterocycles. The number of esters is 1. The van der Waals surface area contributed by atoms with Gasteiger partial charge in [-0.25, -0.2) is 9.48 Å². The molecule has 1 aromatic heterocycles. The van der Waals surface area contributed by atoms with Crippen molar-refractivity contribution in [1.29, 1.82) is 0 Å². The van der Waals surface area contributed by atoms with Gasteiger partial charge in [0.2, 0.25) is 5.91 Å². The lowest BCUT2D eigenvalue weighted by Crippen LogP contribution is -2.42. The van der Waals surface area contributed by atoms with E-state index >= 15 is 0 Å². The van der Waals surface area contributed by atoms with Crippen LogP contribution in [0.25, 0.3) is 17.5 Å². The van der Waals surface area contributed by atoms with E-state index in [1.54, 1.807) is 41.2 Å². The van der Waals surface area contributed by atoms with Crippen molar-refractivity contribution in [3.63, 3.8) is 0 Å². The first kappa shape index (κ1) is 33.9. The third-order valence-electron chi connectivity index (χ3n) is 5.88. The summed E-state index contributed by atoms with van der Waals surface area (Å²) in [5.41, 5.74) is 13.8. The van der Waals surface area contributed by atoms with Gasteiger partial charge in [0.25, 0.3) is 0 Å². The molecule has 0 bridgehead atoms. The van der Waals surface area contributed by atoms with Crippen molar-refractivity contribution in [2.24, 2.45) is 16.5 Å². The number of hydrogen-bond acceptors (Lipinski definition) is 6. The zero-order chi connectivity index (χ0) is 31.1. The minimum atomic E-state index is -0.815. The first-order chi connectivity index (χ1) is 20.1. The fraction of sp³-hybridized carbons (Fsp3) is 0.267. The van der Waals surface area contributed by atoms with E-state index in [0.717, 1.165) is 16.7 Å². The molecule has 2 aromatic rings. The summed E-state index contributed by atoms with van der Waals surface area (Å²) in [6.45, 7) is 10.2. The summed E-state index contributed by atoms with van der Waals surface area (Å²) in [5, 5.41) is 11.6. The molecule has 1 aromatic carbocycles. The maximum atomic E-state index is 12.7. The van der Waals surface area contributed by atoms with Crippen LogP contribution in [0.4, 0.5) is 5.82 Å². The number of nitrogens with two attached hydrogens (primary N) is 2. The molecule has 0 aliphatic carbocycles. The van der Waals surface area contributed by atoms with Gasteiger partial charge in [-0.3, -0.25) is 9.79 Å². The van der Waals surface area contributed by atoms with Crippen LogP contribution in [0.5, 0.6) is 0 Å². The number of aromatic nitrogens is 2. The summed E-state index contributed by atoms with van der Waals surface area (Å²) in [6.07, 6.45) is 11.8. The van der Waals surface area contributed by atoms with Gasteiger partial charge < -0.3 is 26.8 Å². The first-order valence-corrected chi connectivity index (χ1v) is 13.9. The number of halogens is 2. The van der Waals surface area contributed by atoms with Gasteiger partial charge in [-0.15, -0.1) is 0 Å². The number of hydrogen-bond donors (Lipinski definition) is 4. The molecule has 0 fully saturated rings. The third kappa shape index (κ3) is 10.9. The van der Waals surface area contributed by atoms with E-state index in [4.69, 9.17) is 44.5 Å². The molecule has 1 amide bonds. The topological polar surface area (TPSA) is 150 Å². The lowest BCUT2D eigenvalue weighted by atomic mass is 10.1. The lowest BCUT2D eigenvalue weighted by Gasteiger charge is -2.16. The number of methoxy groups -OCH3 is 1. The van der Waals surface area contributed by atoms with Crippen LogP contribution in [-0.4, -0.2) is 53.9 Å². The molecular formula is C30H37Cl2N7O3. The van der Waals surface area contributed by atoms with Gasteiger partial charge in [0, 0.05) is 47.4 Å². The second kappa shape index (κ2) is 17.5. The smallest absolute Gasteiger partial charge is 0.328 e. The number of ether oxygens (including phenoxy) is 1. The molecule has 0 saturated carbocycles. The summed E-state index contributed by atoms with van der Waals surface area (Å²) < 4.78 is 6.47. The van der Waals surface area contributed by atoms with Crippen LogP contribution in [0.15, 0.2) is 83.9 Å². The van der Waals surface area contributed by atoms with Crippen molar-refractivity contribution >= 4 is 53.1 Å². The van der Waals surface area contributed by atoms with Gasteiger partial charge in [-0.05, 0) is 55.2 Å². The number of anilines is 1. The average molecular weight is 615 g/mol. The van der Waals surface area contributed by atoms with Crippen LogP contribution in [0.3, 0.4) is 0 Å². The van der Waals surface area contributed by atoms with E-state index in [9.17, 15) is 9.59 Å². The molecule has 224 valence electrons. The summed E-state index contributed by atoms with van der Waals surface area (Å²) in [4.78, 5) is 28.8. The van der Waals surface area contributed by atoms with E-state index in [0.29, 0.717) is 40.9 Å². The molecule has 0 saturated heterocycles. The fourth-order valence-electron chi connectivity index (χ4n) is 3.88. The number of allylic oxidation sites excluding steroid dienone is 7. The molecule has 1 heterocycles. The minimum absolute atomic E-state index is 0.0358. The van der Waals surface area contributed by atoms with E-state index in [-0.39, 0.29) is 24.8 Å². The van der Waals surface area contributed by atoms with E-state index in [1.165, 1.54) is 7.11 Å². The standard InChI is InChI=1S/C30H37Cl2N7O3/c1-5-9-21(20(6-2)7-3)12-15-39-27(19-26(38-39)22-16-23(31)18-24(32)17-22)35-14-11-28(40)37-25(29(41)42-4)10-8-13-36-30(33)34/h5-7,9,12,15-19,25,35H,1-2,8,10-11,13-14H2,3-4H3,(H,37,40)(H4,33,34,36)/b15-12+,20-7-,21-9-. The predicted molar refractivity (Wildman–Crippen MR) is 172 cm³/mol. The largest absolute Gasteiger partial charge is 0.467 e. The van der Waals surface area contributed by atoms with Crippen molar-refractivity contribution < 1.29 is 14.3 Å². The Labute approximate surface area is 256 Å². The van der Waals surface area contributed by atoms with Gasteiger partial charge in [-0.2, -0.15) is 5.10 Å². The number of nitrogens with zero attached hydrogens (tertiary/aromatic N) is 3. The second-order valence-electron chi connectivity index (χ2n) is 8.91. The van der Waals surface area contributed by atoms with Crippen LogP contribution < -0.4 is 22.1 Å². The quantitative estimate of drug-likeness (QED) is 0.0677. The zero-order valence-electron chi connectivity index (χ0n) is 23.8. The van der Waals surface area contributed by atoms with E-state index in [2.05, 4.69) is 28.8 Å². The van der Waals surface area contributed by atoms with Gasteiger partial charge in [0.05, 0.1) is 12.8 Å². The van der Waals surface area contributed by atoms with Crippen molar-refractivity contribution in [3.05, 3.63) is 89.0 Å². The first-order valence-electron chi connectivity index (χ1n) is 13.1. The van der Waals surface area contributed by atoms with Crippen LogP contribution in [0, 0.1) is 0 Å². The number of benzene rings is 1. The number of rotatable bonds is 16. The number of carbonyl (C=O) groups excluding carboxylic acids is 2. The van der Waals surface area contributed by atoms with Crippen LogP contribution in [0.2, 0.25) is 10.0 Å². The van der Waals surface area contributed by atoms with E-state index in [1.807, 2.05) is 31.2 Å². The van der Waals surface area contributed by atoms with Gasteiger partial charge >= 0.3 is 5.97 Å². The highest BCUT2D eigenvalue weighted by molar-refractivity contribution is 6.35. The number of carbonyl (C=O) groups is 2. The Kier molecular flexibility index (Phi) is 14.1. The SMILES string of the molecule is C=C/C=C(/C=C/n1nc(-c2cc(Cl)cc(Cl)c2)cc1NCCC(=O)NC(CCCN=C(N)N)C(=O)OC)C(\C=C)=C/C. The average Bonchev–Trinajstić information content (AvgIpc) is 3.35. The molecule has 2 rings (SSSR count). The highest BCUT2D eigenvalue weighted by Gasteiger charge is 2.21. The van der Waals surface area contributed by atoms with Gasteiger partial charge in [-0.1, -0.05) is 60.7 Å². The normalized spacial score (nSPS) is 12.5. The van der Waals surface area contributed by atoms with Gasteiger partial charge in [0.15, 0.2) is 5.96 Å². The van der Waals surface area contributed by atoms with Crippen molar-refractivity contribution in [3.8, 4) is 11.3 Å². The van der Waals surface area contributed by atoms with Crippen molar-refractivity contribution in [2.45, 2.75) is 32.2 Å². The molecule has 6 N–H and O–H groups in total.